The summed E-state index contributed by atoms with van der Waals surface area (Å²) in [4.78, 5) is 20.9. The van der Waals surface area contributed by atoms with Crippen LogP contribution in [0.4, 0.5) is 5.69 Å². The largest absolute Gasteiger partial charge is 0.367 e. The molecule has 0 aliphatic carbocycles. The predicted octanol–water partition coefficient (Wildman–Crippen LogP) is 3.49. The number of nitrogens with zero attached hydrogens (tertiary/aromatic N) is 4. The van der Waals surface area contributed by atoms with Crippen molar-refractivity contribution in [3.05, 3.63) is 77.8 Å². The molecule has 3 aromatic rings. The Hall–Kier alpha value is -2.79. The van der Waals surface area contributed by atoms with Gasteiger partial charge in [-0.15, -0.1) is 0 Å². The highest BCUT2D eigenvalue weighted by Gasteiger charge is 2.23. The number of amides is 1. The number of carbonyl (C=O) groups is 1. The first-order valence-electron chi connectivity index (χ1n) is 8.59. The maximum atomic E-state index is 12.8. The van der Waals surface area contributed by atoms with Gasteiger partial charge >= 0.3 is 0 Å². The minimum Gasteiger partial charge on any atom is -0.367 e. The van der Waals surface area contributed by atoms with Gasteiger partial charge in [-0.2, -0.15) is 0 Å². The van der Waals surface area contributed by atoms with Gasteiger partial charge in [0, 0.05) is 49.8 Å². The second kappa shape index (κ2) is 7.22. The summed E-state index contributed by atoms with van der Waals surface area (Å²) in [5, 5.41) is 0.752. The summed E-state index contributed by atoms with van der Waals surface area (Å²) in [6.45, 7) is 2.94. The number of piperazine rings is 1. The lowest BCUT2D eigenvalue weighted by atomic mass is 10.1. The number of carbonyl (C=O) groups excluding carboxylic acids is 1. The summed E-state index contributed by atoms with van der Waals surface area (Å²) >= 11 is 6.28. The van der Waals surface area contributed by atoms with Crippen molar-refractivity contribution in [2.24, 2.45) is 0 Å². The van der Waals surface area contributed by atoms with Crippen LogP contribution in [0.2, 0.25) is 5.02 Å². The molecule has 4 rings (SSSR count). The lowest BCUT2D eigenvalue weighted by Gasteiger charge is -2.36. The molecular weight excluding hydrogens is 348 g/mol. The van der Waals surface area contributed by atoms with Crippen LogP contribution in [0.25, 0.3) is 5.69 Å². The lowest BCUT2D eigenvalue weighted by Crippen LogP contribution is -2.48. The van der Waals surface area contributed by atoms with Gasteiger partial charge in [-0.1, -0.05) is 23.7 Å². The number of benzene rings is 2. The Bertz CT molecular complexity index is 884. The number of halogens is 1. The van der Waals surface area contributed by atoms with Crippen molar-refractivity contribution in [3.63, 3.8) is 0 Å². The smallest absolute Gasteiger partial charge is 0.253 e. The Kier molecular flexibility index (Phi) is 4.63. The van der Waals surface area contributed by atoms with E-state index < -0.39 is 0 Å². The molecule has 1 amide bonds. The molecule has 1 fully saturated rings. The third kappa shape index (κ3) is 3.30. The van der Waals surface area contributed by atoms with Crippen molar-refractivity contribution in [1.82, 2.24) is 14.5 Å². The number of aromatic nitrogens is 2. The van der Waals surface area contributed by atoms with Crippen LogP contribution in [0.5, 0.6) is 0 Å². The third-order valence-corrected chi connectivity index (χ3v) is 5.00. The zero-order valence-corrected chi connectivity index (χ0v) is 15.0. The van der Waals surface area contributed by atoms with Crippen molar-refractivity contribution in [2.45, 2.75) is 0 Å². The van der Waals surface area contributed by atoms with Crippen molar-refractivity contribution in [3.8, 4) is 5.69 Å². The van der Waals surface area contributed by atoms with Crippen LogP contribution in [-0.2, 0) is 0 Å². The van der Waals surface area contributed by atoms with Gasteiger partial charge in [-0.25, -0.2) is 4.98 Å². The lowest BCUT2D eigenvalue weighted by molar-refractivity contribution is 0.0747. The molecule has 0 bridgehead atoms. The Balaban J connectivity index is 1.41. The zero-order chi connectivity index (χ0) is 17.9. The van der Waals surface area contributed by atoms with Gasteiger partial charge in [0.15, 0.2) is 0 Å². The van der Waals surface area contributed by atoms with Gasteiger partial charge < -0.3 is 14.4 Å². The van der Waals surface area contributed by atoms with Crippen molar-refractivity contribution in [1.29, 1.82) is 0 Å². The van der Waals surface area contributed by atoms with Crippen LogP contribution in [0.15, 0.2) is 67.3 Å². The average Bonchev–Trinajstić information content (AvgIpc) is 3.23. The molecule has 1 aliphatic heterocycles. The van der Waals surface area contributed by atoms with Gasteiger partial charge in [0.05, 0.1) is 17.0 Å². The average molecular weight is 367 g/mol. The second-order valence-electron chi connectivity index (χ2n) is 6.25. The van der Waals surface area contributed by atoms with Gasteiger partial charge in [0.1, 0.15) is 0 Å². The Morgan fingerprint density at radius 3 is 2.35 bits per heavy atom. The van der Waals surface area contributed by atoms with E-state index >= 15 is 0 Å². The predicted molar refractivity (Wildman–Crippen MR) is 103 cm³/mol. The highest BCUT2D eigenvalue weighted by Crippen LogP contribution is 2.26. The summed E-state index contributed by atoms with van der Waals surface area (Å²) in [5.74, 6) is 0.0704. The molecule has 0 N–H and O–H groups in total. The fraction of sp³-hybridized carbons (Fsp3) is 0.200. The van der Waals surface area contributed by atoms with E-state index in [1.54, 1.807) is 12.5 Å². The van der Waals surface area contributed by atoms with E-state index in [1.807, 2.05) is 64.2 Å². The van der Waals surface area contributed by atoms with Crippen LogP contribution in [0.1, 0.15) is 10.4 Å². The molecule has 0 saturated carbocycles. The summed E-state index contributed by atoms with van der Waals surface area (Å²) in [5.41, 5.74) is 2.73. The fourth-order valence-electron chi connectivity index (χ4n) is 3.23. The first-order chi connectivity index (χ1) is 12.7. The Morgan fingerprint density at radius 2 is 1.69 bits per heavy atom. The number of hydrogen-bond acceptors (Lipinski definition) is 3. The number of rotatable bonds is 3. The molecule has 5 nitrogen and oxygen atoms in total. The minimum atomic E-state index is 0.0704. The molecule has 0 unspecified atom stereocenters. The van der Waals surface area contributed by atoms with E-state index in [0.29, 0.717) is 18.7 Å². The van der Waals surface area contributed by atoms with E-state index in [-0.39, 0.29) is 5.91 Å². The zero-order valence-electron chi connectivity index (χ0n) is 14.3. The van der Waals surface area contributed by atoms with Crippen molar-refractivity contribution in [2.75, 3.05) is 31.1 Å². The van der Waals surface area contributed by atoms with Crippen LogP contribution in [-0.4, -0.2) is 46.5 Å². The normalized spacial score (nSPS) is 14.5. The summed E-state index contributed by atoms with van der Waals surface area (Å²) < 4.78 is 1.91. The molecule has 1 aromatic heterocycles. The number of hydrogen-bond donors (Lipinski definition) is 0. The highest BCUT2D eigenvalue weighted by atomic mass is 35.5. The van der Waals surface area contributed by atoms with Gasteiger partial charge in [-0.05, 0) is 36.4 Å². The first-order valence-corrected chi connectivity index (χ1v) is 8.97. The van der Waals surface area contributed by atoms with Crippen molar-refractivity contribution < 1.29 is 4.79 Å². The maximum Gasteiger partial charge on any atom is 0.253 e. The monoisotopic (exact) mass is 366 g/mol. The van der Waals surface area contributed by atoms with Crippen molar-refractivity contribution >= 4 is 23.2 Å². The topological polar surface area (TPSA) is 41.4 Å². The summed E-state index contributed by atoms with van der Waals surface area (Å²) in [6.07, 6.45) is 5.35. The molecule has 6 heteroatoms. The minimum absolute atomic E-state index is 0.0704. The number of anilines is 1. The molecule has 0 radical (unpaired) electrons. The summed E-state index contributed by atoms with van der Waals surface area (Å²) in [6, 6.07) is 15.5. The van der Waals surface area contributed by atoms with Gasteiger partial charge in [0.25, 0.3) is 5.91 Å². The fourth-order valence-corrected chi connectivity index (χ4v) is 3.48. The maximum absolute atomic E-state index is 12.8. The van der Waals surface area contributed by atoms with Crippen LogP contribution in [0, 0.1) is 0 Å². The molecule has 1 saturated heterocycles. The van der Waals surface area contributed by atoms with Crippen LogP contribution in [0.3, 0.4) is 0 Å². The van der Waals surface area contributed by atoms with E-state index in [9.17, 15) is 4.79 Å². The Labute approximate surface area is 157 Å². The highest BCUT2D eigenvalue weighted by molar-refractivity contribution is 6.33. The molecule has 0 spiro atoms. The quantitative estimate of drug-likeness (QED) is 0.712. The summed E-state index contributed by atoms with van der Waals surface area (Å²) in [7, 11) is 0. The van der Waals surface area contributed by atoms with E-state index in [2.05, 4.69) is 9.88 Å². The number of para-hydroxylation sites is 1. The van der Waals surface area contributed by atoms with Crippen LogP contribution >= 0.6 is 11.6 Å². The molecule has 132 valence electrons. The van der Waals surface area contributed by atoms with E-state index in [0.717, 1.165) is 29.5 Å². The second-order valence-corrected chi connectivity index (χ2v) is 6.65. The SMILES string of the molecule is O=C(c1ccc(-n2ccnc2)cc1)N1CCN(c2ccccc2Cl)CC1. The third-order valence-electron chi connectivity index (χ3n) is 4.68. The van der Waals surface area contributed by atoms with Crippen LogP contribution < -0.4 is 4.90 Å². The molecular formula is C20H19ClN4O. The first kappa shape index (κ1) is 16.7. The molecule has 2 aromatic carbocycles. The van der Waals surface area contributed by atoms with E-state index in [4.69, 9.17) is 11.6 Å². The van der Waals surface area contributed by atoms with E-state index in [1.165, 1.54) is 0 Å². The molecule has 1 aliphatic rings. The standard InChI is InChI=1S/C20H19ClN4O/c21-18-3-1-2-4-19(18)23-11-13-24(14-12-23)20(26)16-5-7-17(8-6-16)25-10-9-22-15-25/h1-10,15H,11-14H2. The molecule has 0 atom stereocenters. The Morgan fingerprint density at radius 1 is 0.962 bits per heavy atom. The van der Waals surface area contributed by atoms with Gasteiger partial charge in [-0.3, -0.25) is 4.79 Å². The van der Waals surface area contributed by atoms with Gasteiger partial charge in [0.2, 0.25) is 0 Å². The molecule has 26 heavy (non-hydrogen) atoms. The molecule has 2 heterocycles. The number of imidazole rings is 1.